The van der Waals surface area contributed by atoms with Crippen LogP contribution in [0, 0.1) is 6.92 Å². The van der Waals surface area contributed by atoms with Crippen LogP contribution in [0.4, 0.5) is 0 Å². The molecule has 0 aliphatic heterocycles. The summed E-state index contributed by atoms with van der Waals surface area (Å²) in [6.07, 6.45) is 0. The molecule has 0 saturated heterocycles. The lowest BCUT2D eigenvalue weighted by Crippen LogP contribution is -2.23. The van der Waals surface area contributed by atoms with E-state index in [1.165, 1.54) is 11.8 Å². The normalized spacial score (nSPS) is 10.9. The van der Waals surface area contributed by atoms with Gasteiger partial charge in [-0.3, -0.25) is 19.4 Å². The maximum Gasteiger partial charge on any atom is 0.274 e. The number of nitrogens with one attached hydrogen (secondary N) is 1. The summed E-state index contributed by atoms with van der Waals surface area (Å²) < 4.78 is 1.66. The largest absolute Gasteiger partial charge is 0.288 e. The van der Waals surface area contributed by atoms with Crippen molar-refractivity contribution in [3.05, 3.63) is 100 Å². The molecule has 2 N–H and O–H groups in total. The highest BCUT2D eigenvalue weighted by Crippen LogP contribution is 2.24. The second-order valence-corrected chi connectivity index (χ2v) is 7.82. The number of para-hydroxylation sites is 1. The fourth-order valence-electron chi connectivity index (χ4n) is 3.15. The number of thioether (sulfide) groups is 1. The summed E-state index contributed by atoms with van der Waals surface area (Å²) in [5.41, 5.74) is 4.43. The van der Waals surface area contributed by atoms with Gasteiger partial charge in [0.25, 0.3) is 11.5 Å². The van der Waals surface area contributed by atoms with Crippen molar-refractivity contribution in [1.82, 2.24) is 15.0 Å². The first-order valence-electron chi connectivity index (χ1n) is 9.32. The van der Waals surface area contributed by atoms with Crippen LogP contribution in [-0.4, -0.2) is 20.7 Å². The fraction of sp³-hybridized carbons (Fsp3) is 0.0870. The molecule has 0 radical (unpaired) electrons. The number of hydrogen-bond acceptors (Lipinski definition) is 5. The Hall–Kier alpha value is -3.42. The van der Waals surface area contributed by atoms with Crippen LogP contribution in [0.2, 0.25) is 0 Å². The van der Waals surface area contributed by atoms with Crippen molar-refractivity contribution in [3.8, 4) is 5.69 Å². The summed E-state index contributed by atoms with van der Waals surface area (Å²) in [5, 5.41) is 9.31. The predicted octanol–water partition coefficient (Wildman–Crippen LogP) is 4.11. The Morgan fingerprint density at radius 2 is 1.73 bits per heavy atom. The van der Waals surface area contributed by atoms with Crippen LogP contribution in [0.25, 0.3) is 16.6 Å². The summed E-state index contributed by atoms with van der Waals surface area (Å²) in [4.78, 5) is 30.4. The SMILES string of the molecule is Cc1ccc(-n2c(CSc3ccc(C(=O)NO)cc3)nc3ccccc3c2=O)cc1. The van der Waals surface area contributed by atoms with E-state index in [4.69, 9.17) is 10.2 Å². The molecule has 7 heteroatoms. The third kappa shape index (κ3) is 3.98. The number of benzene rings is 3. The second-order valence-electron chi connectivity index (χ2n) is 6.78. The van der Waals surface area contributed by atoms with Gasteiger partial charge in [0.1, 0.15) is 5.82 Å². The number of carbonyl (C=O) groups excluding carboxylic acids is 1. The van der Waals surface area contributed by atoms with Gasteiger partial charge in [-0.2, -0.15) is 0 Å². The lowest BCUT2D eigenvalue weighted by atomic mass is 10.2. The van der Waals surface area contributed by atoms with E-state index in [9.17, 15) is 9.59 Å². The van der Waals surface area contributed by atoms with Crippen molar-refractivity contribution in [2.45, 2.75) is 17.6 Å². The van der Waals surface area contributed by atoms with Gasteiger partial charge in [-0.1, -0.05) is 29.8 Å². The molecule has 150 valence electrons. The zero-order valence-electron chi connectivity index (χ0n) is 16.2. The van der Waals surface area contributed by atoms with Crippen molar-refractivity contribution in [2.24, 2.45) is 0 Å². The van der Waals surface area contributed by atoms with Gasteiger partial charge in [-0.25, -0.2) is 10.5 Å². The summed E-state index contributed by atoms with van der Waals surface area (Å²) in [6.45, 7) is 2.00. The zero-order valence-corrected chi connectivity index (χ0v) is 17.0. The maximum atomic E-state index is 13.2. The molecular weight excluding hydrogens is 398 g/mol. The average Bonchev–Trinajstić information content (AvgIpc) is 2.78. The maximum absolute atomic E-state index is 13.2. The van der Waals surface area contributed by atoms with E-state index in [0.717, 1.165) is 16.1 Å². The molecule has 4 aromatic rings. The minimum Gasteiger partial charge on any atom is -0.288 e. The number of carbonyl (C=O) groups is 1. The number of fused-ring (bicyclic) bond motifs is 1. The Morgan fingerprint density at radius 1 is 1.03 bits per heavy atom. The first-order valence-corrected chi connectivity index (χ1v) is 10.3. The molecule has 4 rings (SSSR count). The van der Waals surface area contributed by atoms with E-state index >= 15 is 0 Å². The monoisotopic (exact) mass is 417 g/mol. The molecule has 30 heavy (non-hydrogen) atoms. The molecular formula is C23H19N3O3S. The molecule has 0 spiro atoms. The van der Waals surface area contributed by atoms with Gasteiger partial charge in [-0.15, -0.1) is 11.8 Å². The fourth-order valence-corrected chi connectivity index (χ4v) is 3.97. The first-order chi connectivity index (χ1) is 14.6. The quantitative estimate of drug-likeness (QED) is 0.290. The van der Waals surface area contributed by atoms with E-state index in [-0.39, 0.29) is 5.56 Å². The minimum atomic E-state index is -0.559. The topological polar surface area (TPSA) is 84.2 Å². The molecule has 0 bridgehead atoms. The molecule has 0 fully saturated rings. The molecule has 3 aromatic carbocycles. The van der Waals surface area contributed by atoms with Gasteiger partial charge >= 0.3 is 0 Å². The van der Waals surface area contributed by atoms with Crippen molar-refractivity contribution >= 4 is 28.6 Å². The van der Waals surface area contributed by atoms with Crippen molar-refractivity contribution < 1.29 is 10.0 Å². The Kier molecular flexibility index (Phi) is 5.65. The second kappa shape index (κ2) is 8.52. The number of rotatable bonds is 5. The summed E-state index contributed by atoms with van der Waals surface area (Å²) in [6, 6.07) is 22.0. The highest BCUT2D eigenvalue weighted by atomic mass is 32.2. The number of aryl methyl sites for hydroxylation is 1. The van der Waals surface area contributed by atoms with Crippen LogP contribution >= 0.6 is 11.8 Å². The van der Waals surface area contributed by atoms with Gasteiger partial charge in [0, 0.05) is 10.5 Å². The third-order valence-corrected chi connectivity index (χ3v) is 5.73. The molecule has 1 amide bonds. The molecule has 1 aromatic heterocycles. The third-order valence-electron chi connectivity index (χ3n) is 4.72. The summed E-state index contributed by atoms with van der Waals surface area (Å²) >= 11 is 1.51. The van der Waals surface area contributed by atoms with Crippen LogP contribution in [0.3, 0.4) is 0 Å². The lowest BCUT2D eigenvalue weighted by molar-refractivity contribution is 0.0706. The zero-order chi connectivity index (χ0) is 21.1. The average molecular weight is 417 g/mol. The molecule has 0 unspecified atom stereocenters. The number of amides is 1. The van der Waals surface area contributed by atoms with Crippen molar-refractivity contribution in [2.75, 3.05) is 0 Å². The van der Waals surface area contributed by atoms with Gasteiger partial charge in [0.15, 0.2) is 0 Å². The van der Waals surface area contributed by atoms with Crippen LogP contribution in [0.15, 0.2) is 82.5 Å². The Bertz CT molecular complexity index is 1270. The standard InChI is InChI=1S/C23H19N3O3S/c1-15-6-10-17(11-7-15)26-21(24-20-5-3-2-4-19(20)23(26)28)14-30-18-12-8-16(9-13-18)22(27)25-29/h2-13,29H,14H2,1H3,(H,25,27). The summed E-state index contributed by atoms with van der Waals surface area (Å²) in [5.74, 6) is 0.556. The lowest BCUT2D eigenvalue weighted by Gasteiger charge is -2.14. The van der Waals surface area contributed by atoms with E-state index in [1.54, 1.807) is 40.4 Å². The van der Waals surface area contributed by atoms with E-state index < -0.39 is 5.91 Å². The van der Waals surface area contributed by atoms with Gasteiger partial charge in [-0.05, 0) is 55.5 Å². The van der Waals surface area contributed by atoms with Gasteiger partial charge in [0.05, 0.1) is 22.3 Å². The van der Waals surface area contributed by atoms with Crippen molar-refractivity contribution in [1.29, 1.82) is 0 Å². The Labute approximate surface area is 177 Å². The highest BCUT2D eigenvalue weighted by Gasteiger charge is 2.13. The number of hydroxylamine groups is 1. The molecule has 0 saturated carbocycles. The Balaban J connectivity index is 1.72. The van der Waals surface area contributed by atoms with Gasteiger partial charge in [0.2, 0.25) is 0 Å². The molecule has 0 aliphatic rings. The van der Waals surface area contributed by atoms with E-state index in [2.05, 4.69) is 0 Å². The number of nitrogens with zero attached hydrogens (tertiary/aromatic N) is 2. The number of aromatic nitrogens is 2. The van der Waals surface area contributed by atoms with Crippen LogP contribution in [0.1, 0.15) is 21.7 Å². The first kappa shape index (κ1) is 19.9. The molecule has 0 aliphatic carbocycles. The van der Waals surface area contributed by atoms with Gasteiger partial charge < -0.3 is 0 Å². The van der Waals surface area contributed by atoms with Crippen LogP contribution in [0.5, 0.6) is 0 Å². The number of hydrogen-bond donors (Lipinski definition) is 2. The molecule has 0 atom stereocenters. The van der Waals surface area contributed by atoms with E-state index in [0.29, 0.717) is 28.0 Å². The smallest absolute Gasteiger partial charge is 0.274 e. The predicted molar refractivity (Wildman–Crippen MR) is 117 cm³/mol. The van der Waals surface area contributed by atoms with Crippen LogP contribution in [-0.2, 0) is 5.75 Å². The minimum absolute atomic E-state index is 0.102. The Morgan fingerprint density at radius 3 is 2.43 bits per heavy atom. The molecule has 1 heterocycles. The van der Waals surface area contributed by atoms with Crippen molar-refractivity contribution in [3.63, 3.8) is 0 Å². The highest BCUT2D eigenvalue weighted by molar-refractivity contribution is 7.98. The summed E-state index contributed by atoms with van der Waals surface area (Å²) in [7, 11) is 0. The van der Waals surface area contributed by atoms with Crippen LogP contribution < -0.4 is 11.0 Å². The van der Waals surface area contributed by atoms with E-state index in [1.807, 2.05) is 49.4 Å². The molecule has 6 nitrogen and oxygen atoms in total.